The maximum atomic E-state index is 12.8. The van der Waals surface area contributed by atoms with E-state index in [0.29, 0.717) is 17.6 Å². The molecule has 2 aromatic rings. The van der Waals surface area contributed by atoms with Gasteiger partial charge in [-0.05, 0) is 44.0 Å². The van der Waals surface area contributed by atoms with Gasteiger partial charge in [0.1, 0.15) is 16.7 Å². The van der Waals surface area contributed by atoms with Crippen molar-refractivity contribution in [1.82, 2.24) is 20.2 Å². The van der Waals surface area contributed by atoms with Gasteiger partial charge in [-0.1, -0.05) is 19.0 Å². The van der Waals surface area contributed by atoms with Crippen LogP contribution in [0.5, 0.6) is 5.75 Å². The smallest absolute Gasteiger partial charge is 0.251 e. The van der Waals surface area contributed by atoms with Crippen molar-refractivity contribution in [1.29, 1.82) is 0 Å². The van der Waals surface area contributed by atoms with Gasteiger partial charge < -0.3 is 14.6 Å². The highest BCUT2D eigenvalue weighted by molar-refractivity contribution is 7.89. The zero-order valence-corrected chi connectivity index (χ0v) is 17.0. The molecule has 1 saturated carbocycles. The highest BCUT2D eigenvalue weighted by Gasteiger charge is 2.32. The molecule has 28 heavy (non-hydrogen) atoms. The van der Waals surface area contributed by atoms with Crippen LogP contribution in [0.25, 0.3) is 0 Å². The summed E-state index contributed by atoms with van der Waals surface area (Å²) in [6.45, 7) is 3.85. The van der Waals surface area contributed by atoms with Crippen LogP contribution in [0.4, 0.5) is 0 Å². The number of nitrogens with one attached hydrogen (secondary N) is 2. The van der Waals surface area contributed by atoms with Gasteiger partial charge in [0.25, 0.3) is 5.91 Å². The predicted octanol–water partition coefficient (Wildman–Crippen LogP) is 1.99. The lowest BCUT2D eigenvalue weighted by atomic mass is 10.0. The lowest BCUT2D eigenvalue weighted by molar-refractivity contribution is 0.0913. The Kier molecular flexibility index (Phi) is 5.71. The third kappa shape index (κ3) is 4.17. The minimum Gasteiger partial charge on any atom is -0.495 e. The van der Waals surface area contributed by atoms with E-state index in [1.807, 2.05) is 13.8 Å². The van der Waals surface area contributed by atoms with E-state index in [1.54, 1.807) is 0 Å². The number of ether oxygens (including phenoxy) is 1. The van der Waals surface area contributed by atoms with E-state index in [2.05, 4.69) is 20.2 Å². The average molecular weight is 408 g/mol. The molecule has 152 valence electrons. The Morgan fingerprint density at radius 3 is 2.61 bits per heavy atom. The summed E-state index contributed by atoms with van der Waals surface area (Å²) in [5.74, 6) is 1.06. The summed E-state index contributed by atoms with van der Waals surface area (Å²) in [6.07, 6.45) is 2.10. The van der Waals surface area contributed by atoms with Crippen LogP contribution in [0.1, 0.15) is 60.7 Å². The van der Waals surface area contributed by atoms with E-state index < -0.39 is 22.0 Å². The molecule has 10 heteroatoms. The number of sulfonamides is 1. The van der Waals surface area contributed by atoms with Gasteiger partial charge in [-0.3, -0.25) is 4.79 Å². The summed E-state index contributed by atoms with van der Waals surface area (Å²) >= 11 is 0. The fraction of sp³-hybridized carbons (Fsp3) is 0.500. The van der Waals surface area contributed by atoms with Crippen molar-refractivity contribution in [2.75, 3.05) is 14.2 Å². The Hall–Kier alpha value is -2.46. The van der Waals surface area contributed by atoms with Crippen molar-refractivity contribution in [2.45, 2.75) is 43.5 Å². The zero-order valence-electron chi connectivity index (χ0n) is 16.2. The average Bonchev–Trinajstić information content (AvgIpc) is 3.42. The number of carbonyl (C=O) groups excluding carboxylic acids is 1. The number of nitrogens with zero attached hydrogens (tertiary/aromatic N) is 2. The SMILES string of the molecule is CNS(=O)(=O)c1cc(C(=O)NC(c2nc(C3CC3)no2)C(C)C)ccc1OC. The molecule has 1 fully saturated rings. The van der Waals surface area contributed by atoms with Crippen molar-refractivity contribution in [3.8, 4) is 5.75 Å². The topological polar surface area (TPSA) is 123 Å². The number of amides is 1. The number of benzene rings is 1. The van der Waals surface area contributed by atoms with Gasteiger partial charge >= 0.3 is 0 Å². The molecule has 1 aliphatic carbocycles. The van der Waals surface area contributed by atoms with Gasteiger partial charge in [0.15, 0.2) is 5.82 Å². The lowest BCUT2D eigenvalue weighted by Crippen LogP contribution is -2.32. The first-order valence-electron chi connectivity index (χ1n) is 9.02. The first-order chi connectivity index (χ1) is 13.3. The van der Waals surface area contributed by atoms with E-state index in [4.69, 9.17) is 9.26 Å². The van der Waals surface area contributed by atoms with Gasteiger partial charge in [0, 0.05) is 11.5 Å². The molecule has 0 aliphatic heterocycles. The molecule has 2 N–H and O–H groups in total. The Bertz CT molecular complexity index is 966. The Labute approximate surface area is 163 Å². The molecular formula is C18H24N4O5S. The molecule has 1 unspecified atom stereocenters. The van der Waals surface area contributed by atoms with E-state index in [1.165, 1.54) is 32.4 Å². The van der Waals surface area contributed by atoms with E-state index in [9.17, 15) is 13.2 Å². The van der Waals surface area contributed by atoms with E-state index in [-0.39, 0.29) is 22.1 Å². The van der Waals surface area contributed by atoms with Crippen LogP contribution in [0, 0.1) is 5.92 Å². The summed E-state index contributed by atoms with van der Waals surface area (Å²) in [4.78, 5) is 17.1. The maximum Gasteiger partial charge on any atom is 0.251 e. The van der Waals surface area contributed by atoms with Crippen LogP contribution in [0.15, 0.2) is 27.6 Å². The Morgan fingerprint density at radius 2 is 2.04 bits per heavy atom. The fourth-order valence-corrected chi connectivity index (χ4v) is 3.68. The fourth-order valence-electron chi connectivity index (χ4n) is 2.76. The molecule has 1 atom stereocenters. The monoisotopic (exact) mass is 408 g/mol. The van der Waals surface area contributed by atoms with Crippen LogP contribution in [-0.4, -0.2) is 38.6 Å². The van der Waals surface area contributed by atoms with E-state index >= 15 is 0 Å². The van der Waals surface area contributed by atoms with Crippen LogP contribution in [0.3, 0.4) is 0 Å². The van der Waals surface area contributed by atoms with Gasteiger partial charge in [-0.25, -0.2) is 13.1 Å². The zero-order chi connectivity index (χ0) is 20.5. The molecule has 0 saturated heterocycles. The van der Waals surface area contributed by atoms with Crippen LogP contribution < -0.4 is 14.8 Å². The summed E-state index contributed by atoms with van der Waals surface area (Å²) in [7, 11) is -1.13. The standard InChI is InChI=1S/C18H24N4O5S/c1-10(2)15(18-21-16(22-27-18)11-5-6-11)20-17(23)12-7-8-13(26-4)14(9-12)28(24,25)19-3/h7-11,15,19H,5-6H2,1-4H3,(H,20,23). The van der Waals surface area contributed by atoms with Gasteiger partial charge in [-0.2, -0.15) is 4.98 Å². The molecule has 9 nitrogen and oxygen atoms in total. The molecule has 3 rings (SSSR count). The Balaban J connectivity index is 1.86. The van der Waals surface area contributed by atoms with Gasteiger partial charge in [0.2, 0.25) is 15.9 Å². The lowest BCUT2D eigenvalue weighted by Gasteiger charge is -2.19. The Morgan fingerprint density at radius 1 is 1.32 bits per heavy atom. The quantitative estimate of drug-likeness (QED) is 0.684. The molecule has 1 amide bonds. The molecular weight excluding hydrogens is 384 g/mol. The first-order valence-corrected chi connectivity index (χ1v) is 10.5. The molecule has 1 aliphatic rings. The molecule has 1 heterocycles. The highest BCUT2D eigenvalue weighted by atomic mass is 32.2. The third-order valence-electron chi connectivity index (χ3n) is 4.60. The number of hydrogen-bond acceptors (Lipinski definition) is 7. The van der Waals surface area contributed by atoms with Crippen molar-refractivity contribution >= 4 is 15.9 Å². The number of carbonyl (C=O) groups is 1. The molecule has 0 bridgehead atoms. The molecule has 1 aromatic heterocycles. The van der Waals surface area contributed by atoms with Crippen molar-refractivity contribution < 1.29 is 22.5 Å². The van der Waals surface area contributed by atoms with Crippen LogP contribution in [0.2, 0.25) is 0 Å². The largest absolute Gasteiger partial charge is 0.495 e. The highest BCUT2D eigenvalue weighted by Crippen LogP contribution is 2.38. The van der Waals surface area contributed by atoms with Crippen molar-refractivity contribution in [3.05, 3.63) is 35.5 Å². The number of aromatic nitrogens is 2. The van der Waals surface area contributed by atoms with Crippen LogP contribution >= 0.6 is 0 Å². The minimum atomic E-state index is -3.79. The van der Waals surface area contributed by atoms with Crippen molar-refractivity contribution in [3.63, 3.8) is 0 Å². The minimum absolute atomic E-state index is 0.00443. The first kappa shape index (κ1) is 20.3. The third-order valence-corrected chi connectivity index (χ3v) is 6.04. The van der Waals surface area contributed by atoms with Gasteiger partial charge in [-0.15, -0.1) is 0 Å². The predicted molar refractivity (Wildman–Crippen MR) is 101 cm³/mol. The molecule has 0 spiro atoms. The summed E-state index contributed by atoms with van der Waals surface area (Å²) < 4.78 is 37.1. The number of methoxy groups -OCH3 is 1. The molecule has 1 aromatic carbocycles. The maximum absolute atomic E-state index is 12.8. The second-order valence-corrected chi connectivity index (χ2v) is 8.89. The number of rotatable bonds is 8. The molecule has 0 radical (unpaired) electrons. The van der Waals surface area contributed by atoms with Crippen molar-refractivity contribution in [2.24, 2.45) is 5.92 Å². The van der Waals surface area contributed by atoms with Crippen LogP contribution in [-0.2, 0) is 10.0 Å². The summed E-state index contributed by atoms with van der Waals surface area (Å²) in [5, 5.41) is 6.86. The summed E-state index contributed by atoms with van der Waals surface area (Å²) in [6, 6.07) is 3.74. The van der Waals surface area contributed by atoms with Gasteiger partial charge in [0.05, 0.1) is 7.11 Å². The normalized spacial score (nSPS) is 15.5. The summed E-state index contributed by atoms with van der Waals surface area (Å²) in [5.41, 5.74) is 0.183. The number of hydrogen-bond donors (Lipinski definition) is 2. The second-order valence-electron chi connectivity index (χ2n) is 7.03. The van der Waals surface area contributed by atoms with E-state index in [0.717, 1.165) is 12.8 Å². The second kappa shape index (κ2) is 7.88.